The number of hydrogen-bond donors (Lipinski definition) is 0. The number of rotatable bonds is 3. The van der Waals surface area contributed by atoms with Crippen LogP contribution in [0, 0.1) is 29.6 Å². The van der Waals surface area contributed by atoms with Gasteiger partial charge in [-0.3, -0.25) is 4.79 Å². The summed E-state index contributed by atoms with van der Waals surface area (Å²) in [6.07, 6.45) is 3.82. The van der Waals surface area contributed by atoms with Gasteiger partial charge in [-0.25, -0.2) is 0 Å². The van der Waals surface area contributed by atoms with Crippen molar-refractivity contribution in [1.82, 2.24) is 0 Å². The predicted octanol–water partition coefficient (Wildman–Crippen LogP) is 3.92. The quantitative estimate of drug-likeness (QED) is 0.690. The Hall–Kier alpha value is -0.330. The summed E-state index contributed by atoms with van der Waals surface area (Å²) in [4.78, 5) is 11.7. The third kappa shape index (κ3) is 3.06. The number of hydrogen-bond acceptors (Lipinski definition) is 1. The maximum Gasteiger partial charge on any atom is 0.133 e. The zero-order chi connectivity index (χ0) is 11.6. The fourth-order valence-electron chi connectivity index (χ4n) is 3.26. The van der Waals surface area contributed by atoms with Crippen molar-refractivity contribution in [2.75, 3.05) is 0 Å². The molecule has 1 aliphatic rings. The van der Waals surface area contributed by atoms with Gasteiger partial charge in [0.2, 0.25) is 0 Å². The highest BCUT2D eigenvalue weighted by atomic mass is 16.1. The van der Waals surface area contributed by atoms with Crippen LogP contribution in [0.25, 0.3) is 0 Å². The molecule has 0 aromatic rings. The van der Waals surface area contributed by atoms with Gasteiger partial charge < -0.3 is 0 Å². The van der Waals surface area contributed by atoms with Crippen LogP contribution in [0.4, 0.5) is 0 Å². The highest BCUT2D eigenvalue weighted by molar-refractivity contribution is 5.78. The summed E-state index contributed by atoms with van der Waals surface area (Å²) >= 11 is 0. The van der Waals surface area contributed by atoms with Crippen molar-refractivity contribution in [1.29, 1.82) is 0 Å². The molecule has 4 unspecified atom stereocenters. The van der Waals surface area contributed by atoms with Crippen molar-refractivity contribution in [3.8, 4) is 0 Å². The van der Waals surface area contributed by atoms with E-state index in [1.807, 2.05) is 0 Å². The fourth-order valence-corrected chi connectivity index (χ4v) is 3.26. The molecule has 0 saturated heterocycles. The Bertz CT molecular complexity index is 219. The Kier molecular flexibility index (Phi) is 4.36. The highest BCUT2D eigenvalue weighted by Crippen LogP contribution is 2.39. The zero-order valence-electron chi connectivity index (χ0n) is 10.9. The zero-order valence-corrected chi connectivity index (χ0v) is 10.9. The van der Waals surface area contributed by atoms with Gasteiger partial charge >= 0.3 is 0 Å². The summed E-state index contributed by atoms with van der Waals surface area (Å²) in [5.74, 6) is 3.50. The van der Waals surface area contributed by atoms with E-state index >= 15 is 0 Å². The Morgan fingerprint density at radius 1 is 1.13 bits per heavy atom. The van der Waals surface area contributed by atoms with Crippen LogP contribution in [-0.2, 0) is 4.79 Å². The first-order valence-electron chi connectivity index (χ1n) is 6.44. The third-order valence-electron chi connectivity index (χ3n) is 4.33. The summed E-state index contributed by atoms with van der Waals surface area (Å²) in [6.45, 7) is 10.8. The first-order valence-corrected chi connectivity index (χ1v) is 6.44. The van der Waals surface area contributed by atoms with Gasteiger partial charge in [0, 0.05) is 5.92 Å². The van der Waals surface area contributed by atoms with Crippen LogP contribution in [0.1, 0.15) is 53.9 Å². The van der Waals surface area contributed by atoms with E-state index in [-0.39, 0.29) is 0 Å². The number of ketones is 1. The van der Waals surface area contributed by atoms with E-state index < -0.39 is 0 Å². The average molecular weight is 210 g/mol. The number of Topliss-reactive ketones (excluding diaryl/α,β-unsaturated/α-hetero) is 1. The van der Waals surface area contributed by atoms with Crippen LogP contribution >= 0.6 is 0 Å². The molecule has 0 aromatic heterocycles. The summed E-state index contributed by atoms with van der Waals surface area (Å²) < 4.78 is 0. The molecule has 1 nitrogen and oxygen atoms in total. The van der Waals surface area contributed by atoms with Crippen molar-refractivity contribution in [2.45, 2.75) is 53.9 Å². The first-order chi connectivity index (χ1) is 6.93. The van der Waals surface area contributed by atoms with Crippen LogP contribution in [0.15, 0.2) is 0 Å². The minimum atomic E-state index is 0.306. The smallest absolute Gasteiger partial charge is 0.133 e. The Balaban J connectivity index is 2.66. The number of carbonyl (C=O) groups excluding carboxylic acids is 1. The lowest BCUT2D eigenvalue weighted by Gasteiger charge is -2.37. The van der Waals surface area contributed by atoms with Gasteiger partial charge in [-0.15, -0.1) is 0 Å². The minimum Gasteiger partial charge on any atom is -0.300 e. The Morgan fingerprint density at radius 3 is 2.13 bits per heavy atom. The molecule has 0 radical (unpaired) electrons. The van der Waals surface area contributed by atoms with Crippen LogP contribution < -0.4 is 0 Å². The van der Waals surface area contributed by atoms with Gasteiger partial charge in [0.25, 0.3) is 0 Å². The molecular formula is C14H26O. The van der Waals surface area contributed by atoms with Crippen molar-refractivity contribution in [3.05, 3.63) is 0 Å². The van der Waals surface area contributed by atoms with Crippen LogP contribution in [-0.4, -0.2) is 5.78 Å². The molecule has 1 fully saturated rings. The normalized spacial score (nSPS) is 34.1. The van der Waals surface area contributed by atoms with Crippen molar-refractivity contribution in [2.24, 2.45) is 29.6 Å². The molecular weight excluding hydrogens is 184 g/mol. The van der Waals surface area contributed by atoms with E-state index in [1.54, 1.807) is 6.92 Å². The molecule has 0 aliphatic heterocycles. The lowest BCUT2D eigenvalue weighted by Crippen LogP contribution is -2.32. The van der Waals surface area contributed by atoms with Crippen LogP contribution in [0.2, 0.25) is 0 Å². The fraction of sp³-hybridized carbons (Fsp3) is 0.929. The second-order valence-corrected chi connectivity index (χ2v) is 5.91. The third-order valence-corrected chi connectivity index (χ3v) is 4.33. The van der Waals surface area contributed by atoms with Gasteiger partial charge in [0.1, 0.15) is 5.78 Å². The second kappa shape index (κ2) is 5.14. The molecule has 1 rings (SSSR count). The van der Waals surface area contributed by atoms with Crippen LogP contribution in [0.5, 0.6) is 0 Å². The second-order valence-electron chi connectivity index (χ2n) is 5.91. The lowest BCUT2D eigenvalue weighted by atomic mass is 9.67. The maximum atomic E-state index is 11.7. The summed E-state index contributed by atoms with van der Waals surface area (Å²) in [6, 6.07) is 0. The van der Waals surface area contributed by atoms with Crippen molar-refractivity contribution >= 4 is 5.78 Å². The molecule has 88 valence electrons. The van der Waals surface area contributed by atoms with E-state index in [4.69, 9.17) is 0 Å². The SMILES string of the molecule is CC(=O)C(C(C)C)C1CCC(C)C(C)C1. The van der Waals surface area contributed by atoms with E-state index in [0.29, 0.717) is 23.5 Å². The van der Waals surface area contributed by atoms with E-state index in [1.165, 1.54) is 19.3 Å². The van der Waals surface area contributed by atoms with Gasteiger partial charge in [-0.1, -0.05) is 34.1 Å². The molecule has 0 bridgehead atoms. The van der Waals surface area contributed by atoms with E-state index in [9.17, 15) is 4.79 Å². The van der Waals surface area contributed by atoms with Gasteiger partial charge in [0.15, 0.2) is 0 Å². The molecule has 1 saturated carbocycles. The molecule has 0 amide bonds. The van der Waals surface area contributed by atoms with Gasteiger partial charge in [-0.2, -0.15) is 0 Å². The molecule has 1 heteroatoms. The molecule has 15 heavy (non-hydrogen) atoms. The van der Waals surface area contributed by atoms with Crippen molar-refractivity contribution in [3.63, 3.8) is 0 Å². The maximum absolute atomic E-state index is 11.7. The minimum absolute atomic E-state index is 0.306. The Morgan fingerprint density at radius 2 is 1.73 bits per heavy atom. The summed E-state index contributed by atoms with van der Waals surface area (Å²) in [5.41, 5.74) is 0. The highest BCUT2D eigenvalue weighted by Gasteiger charge is 2.33. The topological polar surface area (TPSA) is 17.1 Å². The Labute approximate surface area is 94.6 Å². The standard InChI is InChI=1S/C14H26O/c1-9(2)14(12(5)15)13-7-6-10(3)11(4)8-13/h9-11,13-14H,6-8H2,1-5H3. The van der Waals surface area contributed by atoms with Crippen LogP contribution in [0.3, 0.4) is 0 Å². The molecule has 0 heterocycles. The number of carbonyl (C=O) groups is 1. The molecule has 4 atom stereocenters. The van der Waals surface area contributed by atoms with Gasteiger partial charge in [-0.05, 0) is 43.4 Å². The molecule has 0 spiro atoms. The monoisotopic (exact) mass is 210 g/mol. The van der Waals surface area contributed by atoms with E-state index in [0.717, 1.165) is 11.8 Å². The lowest BCUT2D eigenvalue weighted by molar-refractivity contribution is -0.124. The molecule has 0 aromatic carbocycles. The summed E-state index contributed by atoms with van der Waals surface area (Å²) in [5, 5.41) is 0. The van der Waals surface area contributed by atoms with Crippen molar-refractivity contribution < 1.29 is 4.79 Å². The van der Waals surface area contributed by atoms with Gasteiger partial charge in [0.05, 0.1) is 0 Å². The average Bonchev–Trinajstić information content (AvgIpc) is 2.10. The first kappa shape index (κ1) is 12.7. The predicted molar refractivity (Wildman–Crippen MR) is 64.7 cm³/mol. The largest absolute Gasteiger partial charge is 0.300 e. The van der Waals surface area contributed by atoms with E-state index in [2.05, 4.69) is 27.7 Å². The molecule has 0 N–H and O–H groups in total. The summed E-state index contributed by atoms with van der Waals surface area (Å²) in [7, 11) is 0. The molecule has 1 aliphatic carbocycles.